The largest absolute Gasteiger partial charge is 0.309 e. The zero-order valence-corrected chi connectivity index (χ0v) is 40.0. The average molecular weight is 946 g/mol. The van der Waals surface area contributed by atoms with Gasteiger partial charge in [0, 0.05) is 66.1 Å². The fourth-order valence-corrected chi connectivity index (χ4v) is 10.6. The van der Waals surface area contributed by atoms with Gasteiger partial charge in [0.25, 0.3) is 0 Å². The second kappa shape index (κ2) is 17.9. The van der Waals surface area contributed by atoms with E-state index < -0.39 is 0 Å². The maximum absolute atomic E-state index is 5.33. The summed E-state index contributed by atoms with van der Waals surface area (Å²) in [7, 11) is 0. The molecular weight excluding hydrogens is 903 g/mol. The molecule has 0 saturated carbocycles. The first-order valence-corrected chi connectivity index (χ1v) is 24.8. The normalized spacial score (nSPS) is 11.5. The third-order valence-electron chi connectivity index (χ3n) is 14.0. The van der Waals surface area contributed by atoms with Crippen LogP contribution in [0, 0.1) is 0 Å². The summed E-state index contributed by atoms with van der Waals surface area (Å²) in [4.78, 5) is 25.8. The van der Waals surface area contributed by atoms with Crippen molar-refractivity contribution in [2.75, 3.05) is 0 Å². The third-order valence-corrected chi connectivity index (χ3v) is 14.0. The maximum Gasteiger partial charge on any atom is 0.164 e. The second-order valence-corrected chi connectivity index (χ2v) is 18.4. The first kappa shape index (κ1) is 42.7. The zero-order chi connectivity index (χ0) is 49.0. The smallest absolute Gasteiger partial charge is 0.164 e. The van der Waals surface area contributed by atoms with Crippen LogP contribution in [0.3, 0.4) is 0 Å². The van der Waals surface area contributed by atoms with Crippen LogP contribution in [0.5, 0.6) is 0 Å². The molecule has 0 spiro atoms. The van der Waals surface area contributed by atoms with Gasteiger partial charge in [0.15, 0.2) is 23.3 Å². The Labute approximate surface area is 427 Å². The lowest BCUT2D eigenvalue weighted by Gasteiger charge is -2.20. The molecule has 74 heavy (non-hydrogen) atoms. The van der Waals surface area contributed by atoms with Gasteiger partial charge in [0.05, 0.1) is 44.8 Å². The average Bonchev–Trinajstić information content (AvgIpc) is 4.01. The van der Waals surface area contributed by atoms with Crippen LogP contribution in [-0.4, -0.2) is 34.1 Å². The molecular formula is C67H43N7. The highest BCUT2D eigenvalue weighted by molar-refractivity contribution is 6.12. The lowest BCUT2D eigenvalue weighted by atomic mass is 9.97. The molecule has 0 saturated heterocycles. The Bertz CT molecular complexity index is 4240. The Morgan fingerprint density at radius 2 is 0.595 bits per heavy atom. The van der Waals surface area contributed by atoms with Crippen LogP contribution < -0.4 is 0 Å². The number of hydrogen-bond acceptors (Lipinski definition) is 5. The molecule has 346 valence electrons. The molecule has 0 fully saturated rings. The van der Waals surface area contributed by atoms with Crippen molar-refractivity contribution in [2.24, 2.45) is 0 Å². The molecule has 10 aromatic carbocycles. The Morgan fingerprint density at radius 1 is 0.216 bits per heavy atom. The monoisotopic (exact) mass is 945 g/mol. The van der Waals surface area contributed by atoms with Crippen molar-refractivity contribution in [3.63, 3.8) is 0 Å². The van der Waals surface area contributed by atoms with Gasteiger partial charge >= 0.3 is 0 Å². The summed E-state index contributed by atoms with van der Waals surface area (Å²) in [6.45, 7) is 0. The molecule has 0 aliphatic carbocycles. The third kappa shape index (κ3) is 7.42. The molecule has 14 aromatic rings. The molecule has 0 aliphatic heterocycles. The molecule has 7 heteroatoms. The van der Waals surface area contributed by atoms with E-state index in [4.69, 9.17) is 24.9 Å². The van der Waals surface area contributed by atoms with E-state index in [9.17, 15) is 0 Å². The van der Waals surface area contributed by atoms with Gasteiger partial charge < -0.3 is 9.13 Å². The molecule has 0 unspecified atom stereocenters. The predicted octanol–water partition coefficient (Wildman–Crippen LogP) is 16.5. The molecule has 0 atom stereocenters. The molecule has 14 rings (SSSR count). The molecule has 0 N–H and O–H groups in total. The summed E-state index contributed by atoms with van der Waals surface area (Å²) in [5, 5.41) is 4.61. The molecule has 4 heterocycles. The van der Waals surface area contributed by atoms with Crippen molar-refractivity contribution >= 4 is 43.6 Å². The Morgan fingerprint density at radius 3 is 1.15 bits per heavy atom. The van der Waals surface area contributed by atoms with Crippen LogP contribution in [0.2, 0.25) is 0 Å². The highest BCUT2D eigenvalue weighted by Gasteiger charge is 2.23. The fourth-order valence-electron chi connectivity index (χ4n) is 10.6. The highest BCUT2D eigenvalue weighted by Crippen LogP contribution is 2.43. The van der Waals surface area contributed by atoms with E-state index in [-0.39, 0.29) is 0 Å². The Balaban J connectivity index is 1.03. The molecule has 0 amide bonds. The lowest BCUT2D eigenvalue weighted by Crippen LogP contribution is -2.03. The summed E-state index contributed by atoms with van der Waals surface area (Å²) in [5.74, 6) is 2.51. The van der Waals surface area contributed by atoms with E-state index in [0.717, 1.165) is 100 Å². The molecule has 4 aromatic heterocycles. The fraction of sp³-hybridized carbons (Fsp3) is 0. The number of nitrogens with zero attached hydrogens (tertiary/aromatic N) is 7. The van der Waals surface area contributed by atoms with Crippen LogP contribution in [0.25, 0.3) is 134 Å². The summed E-state index contributed by atoms with van der Waals surface area (Å²) >= 11 is 0. The van der Waals surface area contributed by atoms with Crippen LogP contribution in [0.4, 0.5) is 0 Å². The van der Waals surface area contributed by atoms with Crippen LogP contribution in [0.15, 0.2) is 261 Å². The van der Waals surface area contributed by atoms with Crippen LogP contribution in [-0.2, 0) is 0 Å². The minimum Gasteiger partial charge on any atom is -0.309 e. The van der Waals surface area contributed by atoms with Gasteiger partial charge in [-0.1, -0.05) is 206 Å². The minimum absolute atomic E-state index is 0.603. The predicted molar refractivity (Wildman–Crippen MR) is 302 cm³/mol. The highest BCUT2D eigenvalue weighted by atomic mass is 15.0. The van der Waals surface area contributed by atoms with Crippen molar-refractivity contribution in [1.82, 2.24) is 34.1 Å². The van der Waals surface area contributed by atoms with E-state index in [1.165, 1.54) is 10.8 Å². The van der Waals surface area contributed by atoms with Gasteiger partial charge in [-0.2, -0.15) is 0 Å². The topological polar surface area (TPSA) is 74.3 Å². The van der Waals surface area contributed by atoms with E-state index in [1.54, 1.807) is 0 Å². The van der Waals surface area contributed by atoms with E-state index in [1.807, 2.05) is 84.9 Å². The Kier molecular flexibility index (Phi) is 10.4. The standard InChI is InChI=1S/C67H43N7/c1-5-21-44(22-6-1)56-43-57(69-64(68-56)45-23-7-2-8-24-45)48-37-39-54(52-31-15-19-35-60(52)73-58-33-17-13-29-50(58)51-30-14-18-34-59(51)73)63(42-48)74-61-36-20-16-32-53(61)55-41-49(38-40-62(55)74)67-71-65(46-25-9-3-10-26-46)70-66(72-67)47-27-11-4-12-28-47/h1-43H. The molecule has 0 radical (unpaired) electrons. The zero-order valence-electron chi connectivity index (χ0n) is 40.0. The van der Waals surface area contributed by atoms with Crippen molar-refractivity contribution in [1.29, 1.82) is 0 Å². The lowest BCUT2D eigenvalue weighted by molar-refractivity contribution is 1.07. The number of hydrogen-bond donors (Lipinski definition) is 0. The molecule has 0 bridgehead atoms. The molecule has 0 aliphatic rings. The van der Waals surface area contributed by atoms with Crippen molar-refractivity contribution in [3.05, 3.63) is 261 Å². The van der Waals surface area contributed by atoms with Gasteiger partial charge in [-0.25, -0.2) is 24.9 Å². The van der Waals surface area contributed by atoms with Gasteiger partial charge in [-0.3, -0.25) is 0 Å². The first-order chi connectivity index (χ1) is 36.7. The Hall–Kier alpha value is -10.1. The molecule has 7 nitrogen and oxygen atoms in total. The maximum atomic E-state index is 5.33. The van der Waals surface area contributed by atoms with Crippen LogP contribution in [0.1, 0.15) is 0 Å². The number of fused-ring (bicyclic) bond motifs is 6. The summed E-state index contributed by atoms with van der Waals surface area (Å²) < 4.78 is 4.84. The minimum atomic E-state index is 0.603. The van der Waals surface area contributed by atoms with Gasteiger partial charge in [-0.05, 0) is 54.6 Å². The van der Waals surface area contributed by atoms with Crippen LogP contribution >= 0.6 is 0 Å². The van der Waals surface area contributed by atoms with Crippen molar-refractivity contribution < 1.29 is 0 Å². The second-order valence-electron chi connectivity index (χ2n) is 18.4. The summed E-state index contributed by atoms with van der Waals surface area (Å²) in [6.07, 6.45) is 0. The summed E-state index contributed by atoms with van der Waals surface area (Å²) in [5.41, 5.74) is 16.0. The van der Waals surface area contributed by atoms with Gasteiger partial charge in [0.1, 0.15) is 0 Å². The van der Waals surface area contributed by atoms with Gasteiger partial charge in [0.2, 0.25) is 0 Å². The van der Waals surface area contributed by atoms with Crippen molar-refractivity contribution in [2.45, 2.75) is 0 Å². The number of para-hydroxylation sites is 4. The SMILES string of the molecule is c1ccc(-c2cc(-c3ccc(-c4ccccc4-n4c5ccccc5c5ccccc54)c(-n4c5ccccc5c5cc(-c6nc(-c7ccccc7)nc(-c7ccccc7)n6)ccc54)c3)nc(-c3ccccc3)n2)cc1. The number of rotatable bonds is 9. The van der Waals surface area contributed by atoms with E-state index in [2.05, 4.69) is 185 Å². The van der Waals surface area contributed by atoms with Gasteiger partial charge in [-0.15, -0.1) is 0 Å². The first-order valence-electron chi connectivity index (χ1n) is 24.8. The quantitative estimate of drug-likeness (QED) is 0.144. The number of benzene rings is 10. The van der Waals surface area contributed by atoms with Crippen molar-refractivity contribution in [3.8, 4) is 90.6 Å². The summed E-state index contributed by atoms with van der Waals surface area (Å²) in [6, 6.07) is 91.3. The van der Waals surface area contributed by atoms with E-state index >= 15 is 0 Å². The van der Waals surface area contributed by atoms with E-state index in [0.29, 0.717) is 23.3 Å². The number of aromatic nitrogens is 7.